The summed E-state index contributed by atoms with van der Waals surface area (Å²) in [5.41, 5.74) is 2.39. The minimum atomic E-state index is -0.315. The van der Waals surface area contributed by atoms with E-state index in [1.54, 1.807) is 21.1 Å². The normalized spacial score (nSPS) is 25.5. The van der Waals surface area contributed by atoms with Crippen molar-refractivity contribution in [2.75, 3.05) is 27.4 Å². The SMILES string of the molecule is CCOC(=O)COC1=C2C=C[C@@H](C)[C@@](C)(Cc3cc(OC)ccc3OC)[C@@H]2CCC1. The van der Waals surface area contributed by atoms with Gasteiger partial charge in [0.25, 0.3) is 0 Å². The van der Waals surface area contributed by atoms with E-state index in [0.29, 0.717) is 18.4 Å². The zero-order chi connectivity index (χ0) is 21.7. The highest BCUT2D eigenvalue weighted by Gasteiger charge is 2.44. The highest BCUT2D eigenvalue weighted by molar-refractivity contribution is 5.70. The molecule has 0 unspecified atom stereocenters. The van der Waals surface area contributed by atoms with Gasteiger partial charge in [0.1, 0.15) is 17.3 Å². The Morgan fingerprint density at radius 1 is 1.23 bits per heavy atom. The second-order valence-electron chi connectivity index (χ2n) is 8.43. The number of methoxy groups -OCH3 is 2. The van der Waals surface area contributed by atoms with Crippen LogP contribution >= 0.6 is 0 Å². The summed E-state index contributed by atoms with van der Waals surface area (Å²) in [6.07, 6.45) is 8.38. The van der Waals surface area contributed by atoms with Gasteiger partial charge in [-0.3, -0.25) is 0 Å². The molecular weight excluding hydrogens is 380 g/mol. The molecule has 0 spiro atoms. The number of benzene rings is 1. The van der Waals surface area contributed by atoms with Gasteiger partial charge in [-0.2, -0.15) is 0 Å². The quantitative estimate of drug-likeness (QED) is 0.555. The molecule has 1 aromatic carbocycles. The number of hydrogen-bond acceptors (Lipinski definition) is 5. The van der Waals surface area contributed by atoms with Crippen LogP contribution in [-0.4, -0.2) is 33.4 Å². The first-order chi connectivity index (χ1) is 14.4. The Morgan fingerprint density at radius 2 is 2.03 bits per heavy atom. The van der Waals surface area contributed by atoms with E-state index in [1.165, 1.54) is 5.57 Å². The fourth-order valence-corrected chi connectivity index (χ4v) is 4.86. The summed E-state index contributed by atoms with van der Waals surface area (Å²) < 4.78 is 22.1. The van der Waals surface area contributed by atoms with Crippen LogP contribution in [0.15, 0.2) is 41.7 Å². The smallest absolute Gasteiger partial charge is 0.344 e. The van der Waals surface area contributed by atoms with Gasteiger partial charge in [-0.05, 0) is 72.8 Å². The molecule has 5 heteroatoms. The fourth-order valence-electron chi connectivity index (χ4n) is 4.86. The molecule has 0 saturated heterocycles. The number of allylic oxidation sites excluding steroid dienone is 4. The summed E-state index contributed by atoms with van der Waals surface area (Å²) in [5.74, 6) is 3.10. The highest BCUT2D eigenvalue weighted by Crippen LogP contribution is 2.52. The molecule has 0 amide bonds. The van der Waals surface area contributed by atoms with Crippen molar-refractivity contribution in [2.45, 2.75) is 46.5 Å². The van der Waals surface area contributed by atoms with Gasteiger partial charge in [0, 0.05) is 6.42 Å². The predicted molar refractivity (Wildman–Crippen MR) is 117 cm³/mol. The molecule has 0 radical (unpaired) electrons. The Kier molecular flexibility index (Phi) is 7.11. The van der Waals surface area contributed by atoms with Crippen LogP contribution in [-0.2, 0) is 20.7 Å². The van der Waals surface area contributed by atoms with Crippen molar-refractivity contribution in [3.8, 4) is 11.5 Å². The van der Waals surface area contributed by atoms with Crippen LogP contribution in [0.1, 0.15) is 45.6 Å². The maximum Gasteiger partial charge on any atom is 0.344 e. The van der Waals surface area contributed by atoms with Crippen molar-refractivity contribution < 1.29 is 23.7 Å². The van der Waals surface area contributed by atoms with Crippen LogP contribution in [0.4, 0.5) is 0 Å². The summed E-state index contributed by atoms with van der Waals surface area (Å²) in [4.78, 5) is 11.8. The molecule has 2 aliphatic rings. The molecule has 3 rings (SSSR count). The largest absolute Gasteiger partial charge is 0.497 e. The summed E-state index contributed by atoms with van der Waals surface area (Å²) in [6.45, 7) is 6.80. The number of ether oxygens (including phenoxy) is 4. The number of carbonyl (C=O) groups is 1. The third-order valence-corrected chi connectivity index (χ3v) is 6.72. The van der Waals surface area contributed by atoms with Crippen molar-refractivity contribution >= 4 is 5.97 Å². The number of fused-ring (bicyclic) bond motifs is 1. The van der Waals surface area contributed by atoms with Crippen molar-refractivity contribution in [3.63, 3.8) is 0 Å². The van der Waals surface area contributed by atoms with Crippen LogP contribution < -0.4 is 9.47 Å². The lowest BCUT2D eigenvalue weighted by Gasteiger charge is -2.47. The minimum absolute atomic E-state index is 0.00266. The summed E-state index contributed by atoms with van der Waals surface area (Å²) in [5, 5.41) is 0. The van der Waals surface area contributed by atoms with Crippen LogP contribution in [0.5, 0.6) is 11.5 Å². The first kappa shape index (κ1) is 22.3. The average molecular weight is 415 g/mol. The summed E-state index contributed by atoms with van der Waals surface area (Å²) in [6, 6.07) is 5.99. The Bertz CT molecular complexity index is 825. The molecule has 0 fully saturated rings. The van der Waals surface area contributed by atoms with Gasteiger partial charge in [0.2, 0.25) is 0 Å². The van der Waals surface area contributed by atoms with Crippen LogP contribution in [0.2, 0.25) is 0 Å². The first-order valence-electron chi connectivity index (χ1n) is 10.8. The standard InChI is InChI=1S/C25H34O5/c1-6-29-24(26)16-30-23-9-7-8-21-20(23)12-10-17(2)25(21,3)15-18-14-19(27-4)11-13-22(18)28-5/h10-14,17,21H,6-9,15-16H2,1-5H3/t17-,21-,25-/m1/s1. The van der Waals surface area contributed by atoms with Gasteiger partial charge in [-0.15, -0.1) is 0 Å². The van der Waals surface area contributed by atoms with Gasteiger partial charge in [-0.1, -0.05) is 26.0 Å². The average Bonchev–Trinajstić information content (AvgIpc) is 2.75. The lowest BCUT2D eigenvalue weighted by molar-refractivity contribution is -0.147. The molecule has 0 heterocycles. The summed E-state index contributed by atoms with van der Waals surface area (Å²) >= 11 is 0. The van der Waals surface area contributed by atoms with Crippen LogP contribution in [0.25, 0.3) is 0 Å². The maximum absolute atomic E-state index is 11.8. The molecule has 1 aromatic rings. The second kappa shape index (κ2) is 9.59. The zero-order valence-corrected chi connectivity index (χ0v) is 18.8. The van der Waals surface area contributed by atoms with Crippen LogP contribution in [0.3, 0.4) is 0 Å². The Morgan fingerprint density at radius 3 is 2.73 bits per heavy atom. The zero-order valence-electron chi connectivity index (χ0n) is 18.8. The van der Waals surface area contributed by atoms with E-state index in [1.807, 2.05) is 12.1 Å². The Labute approximate surface area is 180 Å². The number of rotatable bonds is 8. The van der Waals surface area contributed by atoms with Crippen molar-refractivity contribution in [2.24, 2.45) is 17.3 Å². The van der Waals surface area contributed by atoms with Crippen LogP contribution in [0, 0.1) is 17.3 Å². The monoisotopic (exact) mass is 414 g/mol. The molecule has 0 bridgehead atoms. The maximum atomic E-state index is 11.8. The second-order valence-corrected chi connectivity index (χ2v) is 8.43. The van der Waals surface area contributed by atoms with E-state index in [9.17, 15) is 4.79 Å². The molecule has 30 heavy (non-hydrogen) atoms. The minimum Gasteiger partial charge on any atom is -0.497 e. The topological polar surface area (TPSA) is 54.0 Å². The molecule has 164 valence electrons. The van der Waals surface area contributed by atoms with Gasteiger partial charge in [0.15, 0.2) is 6.61 Å². The van der Waals surface area contributed by atoms with E-state index < -0.39 is 0 Å². The van der Waals surface area contributed by atoms with Gasteiger partial charge < -0.3 is 18.9 Å². The van der Waals surface area contributed by atoms with E-state index in [0.717, 1.165) is 48.5 Å². The van der Waals surface area contributed by atoms with E-state index >= 15 is 0 Å². The van der Waals surface area contributed by atoms with Crippen molar-refractivity contribution in [1.29, 1.82) is 0 Å². The van der Waals surface area contributed by atoms with Gasteiger partial charge in [-0.25, -0.2) is 4.79 Å². The van der Waals surface area contributed by atoms with E-state index in [-0.39, 0.29) is 18.0 Å². The van der Waals surface area contributed by atoms with Gasteiger partial charge >= 0.3 is 5.97 Å². The molecule has 0 aromatic heterocycles. The Hall–Kier alpha value is -2.43. The molecular formula is C25H34O5. The van der Waals surface area contributed by atoms with Crippen molar-refractivity contribution in [1.82, 2.24) is 0 Å². The number of carbonyl (C=O) groups excluding carboxylic acids is 1. The first-order valence-corrected chi connectivity index (χ1v) is 10.8. The molecule has 3 atom stereocenters. The molecule has 2 aliphatic carbocycles. The lowest BCUT2D eigenvalue weighted by Crippen LogP contribution is -2.40. The molecule has 5 nitrogen and oxygen atoms in total. The third-order valence-electron chi connectivity index (χ3n) is 6.72. The molecule has 0 N–H and O–H groups in total. The fraction of sp³-hybridized carbons (Fsp3) is 0.560. The number of hydrogen-bond donors (Lipinski definition) is 0. The third kappa shape index (κ3) is 4.50. The molecule has 0 saturated carbocycles. The van der Waals surface area contributed by atoms with E-state index in [4.69, 9.17) is 18.9 Å². The highest BCUT2D eigenvalue weighted by atomic mass is 16.6. The summed E-state index contributed by atoms with van der Waals surface area (Å²) in [7, 11) is 3.40. The van der Waals surface area contributed by atoms with E-state index in [2.05, 4.69) is 32.1 Å². The van der Waals surface area contributed by atoms with Crippen molar-refractivity contribution in [3.05, 3.63) is 47.2 Å². The Balaban J connectivity index is 1.91. The number of esters is 1. The molecule has 0 aliphatic heterocycles. The lowest BCUT2D eigenvalue weighted by atomic mass is 9.57. The van der Waals surface area contributed by atoms with Gasteiger partial charge in [0.05, 0.1) is 20.8 Å². The predicted octanol–water partition coefficient (Wildman–Crippen LogP) is 5.09.